The number of halogens is 1. The van der Waals surface area contributed by atoms with E-state index in [1.54, 1.807) is 17.3 Å². The fourth-order valence-electron chi connectivity index (χ4n) is 4.59. The molecular weight excluding hydrogens is 493 g/mol. The molecule has 2 saturated heterocycles. The van der Waals surface area contributed by atoms with Gasteiger partial charge in [0.1, 0.15) is 5.52 Å². The van der Waals surface area contributed by atoms with E-state index in [9.17, 15) is 9.18 Å². The highest BCUT2D eigenvalue weighted by atomic mass is 32.1. The summed E-state index contributed by atoms with van der Waals surface area (Å²) in [7, 11) is 0. The Kier molecular flexibility index (Phi) is 8.46. The van der Waals surface area contributed by atoms with Gasteiger partial charge in [-0.05, 0) is 32.0 Å². The normalized spacial score (nSPS) is 18.4. The molecule has 4 heterocycles. The first-order valence-corrected chi connectivity index (χ1v) is 12.4. The topological polar surface area (TPSA) is 95.5 Å². The van der Waals surface area contributed by atoms with Crippen LogP contribution >= 0.6 is 13.5 Å². The van der Waals surface area contributed by atoms with Crippen LogP contribution in [0.2, 0.25) is 0 Å². The number of benzene rings is 1. The van der Waals surface area contributed by atoms with Crippen molar-refractivity contribution in [1.29, 1.82) is 0 Å². The highest BCUT2D eigenvalue weighted by Crippen LogP contribution is 2.28. The van der Waals surface area contributed by atoms with E-state index in [-0.39, 0.29) is 19.6 Å². The highest BCUT2D eigenvalue weighted by molar-refractivity contribution is 7.59. The van der Waals surface area contributed by atoms with Crippen LogP contribution in [-0.2, 0) is 9.53 Å². The van der Waals surface area contributed by atoms with Gasteiger partial charge in [0, 0.05) is 69.5 Å². The molecule has 0 unspecified atom stereocenters. The van der Waals surface area contributed by atoms with Gasteiger partial charge in [-0.2, -0.15) is 13.5 Å². The van der Waals surface area contributed by atoms with Crippen molar-refractivity contribution in [2.45, 2.75) is 25.6 Å². The average Bonchev–Trinajstić information content (AvgIpc) is 2.91. The first kappa shape index (κ1) is 27.0. The van der Waals surface area contributed by atoms with Crippen LogP contribution in [-0.4, -0.2) is 90.0 Å². The summed E-state index contributed by atoms with van der Waals surface area (Å²) in [5.41, 5.74) is 2.50. The molecule has 37 heavy (non-hydrogen) atoms. The van der Waals surface area contributed by atoms with Gasteiger partial charge in [-0.1, -0.05) is 12.1 Å². The van der Waals surface area contributed by atoms with Gasteiger partial charge in [-0.25, -0.2) is 14.4 Å². The number of morpholine rings is 1. The number of carbonyl (C=O) groups is 1. The zero-order valence-corrected chi connectivity index (χ0v) is 22.2. The Morgan fingerprint density at radius 1 is 1.16 bits per heavy atom. The Balaban J connectivity index is 0.00000320. The maximum atomic E-state index is 14.0. The number of amides is 1. The van der Waals surface area contributed by atoms with Crippen LogP contribution in [0.3, 0.4) is 0 Å². The third-order valence-corrected chi connectivity index (χ3v) is 6.56. The molecule has 2 fully saturated rings. The zero-order chi connectivity index (χ0) is 25.1. The first-order valence-electron chi connectivity index (χ1n) is 12.4. The van der Waals surface area contributed by atoms with Crippen LogP contribution in [0.5, 0.6) is 0 Å². The predicted molar refractivity (Wildman–Crippen MR) is 148 cm³/mol. The molecule has 0 aliphatic carbocycles. The van der Waals surface area contributed by atoms with Gasteiger partial charge in [-0.3, -0.25) is 9.78 Å². The maximum Gasteiger partial charge on any atom is 0.259 e. The number of hydrogen-bond donors (Lipinski definition) is 2. The lowest BCUT2D eigenvalue weighted by atomic mass is 10.1. The summed E-state index contributed by atoms with van der Waals surface area (Å²) < 4.78 is 19.8. The molecule has 198 valence electrons. The Morgan fingerprint density at radius 3 is 2.57 bits per heavy atom. The van der Waals surface area contributed by atoms with Crippen molar-refractivity contribution >= 4 is 41.9 Å². The van der Waals surface area contributed by atoms with Crippen LogP contribution in [0.15, 0.2) is 42.7 Å². The van der Waals surface area contributed by atoms with Crippen molar-refractivity contribution in [3.8, 4) is 11.3 Å². The minimum atomic E-state index is -1.84. The quantitative estimate of drug-likeness (QED) is 0.505. The molecule has 2 N–H and O–H groups in total. The Bertz CT molecular complexity index is 1210. The Hall–Kier alpha value is -3.02. The number of fused-ring (bicyclic) bond motifs is 1. The molecule has 0 radical (unpaired) electrons. The molecule has 2 aliphatic heterocycles. The van der Waals surface area contributed by atoms with Gasteiger partial charge in [0.25, 0.3) is 5.91 Å². The summed E-state index contributed by atoms with van der Waals surface area (Å²) >= 11 is 0. The number of alkyl halides is 1. The number of rotatable bonds is 6. The van der Waals surface area contributed by atoms with E-state index >= 15 is 0 Å². The standard InChI is InChI=1S/C26H32FN7O2.H2S/c1-26(2,27)25(35)34-12-10-33(11-13-34)19-5-3-18(4-6-19)21-15-22-23(30-8-7-29-22)24(32-21)31-17-20-16-28-9-14-36-20;/h3-8,15,20,28H,9-14,16-17H2,1-2H3,(H,31,32);1H2/t20-;/m0./s1. The molecule has 3 aromatic rings. The van der Waals surface area contributed by atoms with Gasteiger partial charge in [0.05, 0.1) is 23.9 Å². The number of aromatic nitrogens is 3. The van der Waals surface area contributed by atoms with Crippen molar-refractivity contribution in [2.24, 2.45) is 0 Å². The molecule has 9 nitrogen and oxygen atoms in total. The number of hydrogen-bond acceptors (Lipinski definition) is 8. The third kappa shape index (κ3) is 6.28. The average molecular weight is 528 g/mol. The third-order valence-electron chi connectivity index (χ3n) is 6.56. The van der Waals surface area contributed by atoms with Crippen LogP contribution in [0.1, 0.15) is 13.8 Å². The molecule has 1 amide bonds. The van der Waals surface area contributed by atoms with Crippen LogP contribution < -0.4 is 15.5 Å². The lowest BCUT2D eigenvalue weighted by Gasteiger charge is -2.37. The summed E-state index contributed by atoms with van der Waals surface area (Å²) in [5, 5.41) is 6.75. The van der Waals surface area contributed by atoms with E-state index in [0.29, 0.717) is 45.1 Å². The lowest BCUT2D eigenvalue weighted by Crippen LogP contribution is -2.53. The van der Waals surface area contributed by atoms with Crippen molar-refractivity contribution in [3.63, 3.8) is 0 Å². The molecule has 1 aromatic carbocycles. The van der Waals surface area contributed by atoms with Crippen molar-refractivity contribution < 1.29 is 13.9 Å². The van der Waals surface area contributed by atoms with E-state index < -0.39 is 11.6 Å². The van der Waals surface area contributed by atoms with Crippen LogP contribution in [0.4, 0.5) is 15.9 Å². The first-order chi connectivity index (χ1) is 17.4. The van der Waals surface area contributed by atoms with Crippen LogP contribution in [0.25, 0.3) is 22.3 Å². The number of piperazine rings is 1. The number of nitrogens with one attached hydrogen (secondary N) is 2. The minimum absolute atomic E-state index is 0. The Morgan fingerprint density at radius 2 is 1.89 bits per heavy atom. The van der Waals surface area contributed by atoms with Gasteiger partial charge in [0.15, 0.2) is 11.5 Å². The molecule has 1 atom stereocenters. The lowest BCUT2D eigenvalue weighted by molar-refractivity contribution is -0.142. The number of pyridine rings is 1. The molecule has 0 saturated carbocycles. The molecule has 0 bridgehead atoms. The second-order valence-corrected chi connectivity index (χ2v) is 9.66. The summed E-state index contributed by atoms with van der Waals surface area (Å²) in [4.78, 5) is 29.9. The van der Waals surface area contributed by atoms with E-state index in [4.69, 9.17) is 9.72 Å². The maximum absolute atomic E-state index is 14.0. The summed E-state index contributed by atoms with van der Waals surface area (Å²) in [6, 6.07) is 10.1. The van der Waals surface area contributed by atoms with E-state index in [0.717, 1.165) is 41.1 Å². The Labute approximate surface area is 223 Å². The largest absolute Gasteiger partial charge is 0.374 e. The number of anilines is 2. The summed E-state index contributed by atoms with van der Waals surface area (Å²) in [6.07, 6.45) is 3.42. The van der Waals surface area contributed by atoms with E-state index in [2.05, 4.69) is 37.6 Å². The van der Waals surface area contributed by atoms with Crippen molar-refractivity contribution in [2.75, 3.05) is 62.6 Å². The van der Waals surface area contributed by atoms with Gasteiger partial charge in [-0.15, -0.1) is 0 Å². The second-order valence-electron chi connectivity index (χ2n) is 9.66. The predicted octanol–water partition coefficient (Wildman–Crippen LogP) is 2.60. The SMILES string of the molecule is CC(C)(F)C(=O)N1CCN(c2ccc(-c3cc4nccnc4c(NC[C@@H]4CNCCO4)n3)cc2)CC1.S. The highest BCUT2D eigenvalue weighted by Gasteiger charge is 2.33. The minimum Gasteiger partial charge on any atom is -0.374 e. The summed E-state index contributed by atoms with van der Waals surface area (Å²) in [5.74, 6) is 0.240. The summed E-state index contributed by atoms with van der Waals surface area (Å²) in [6.45, 7) is 7.97. The number of carbonyl (C=O) groups excluding carboxylic acids is 1. The monoisotopic (exact) mass is 527 g/mol. The molecular formula is C26H34FN7O2S. The van der Waals surface area contributed by atoms with Crippen LogP contribution in [0, 0.1) is 0 Å². The van der Waals surface area contributed by atoms with Crippen molar-refractivity contribution in [3.05, 3.63) is 42.7 Å². The second kappa shape index (κ2) is 11.6. The molecule has 2 aliphatic rings. The molecule has 2 aromatic heterocycles. The van der Waals surface area contributed by atoms with E-state index in [1.807, 2.05) is 18.2 Å². The zero-order valence-electron chi connectivity index (χ0n) is 21.2. The van der Waals surface area contributed by atoms with Gasteiger partial charge < -0.3 is 25.2 Å². The fraction of sp³-hybridized carbons (Fsp3) is 0.462. The van der Waals surface area contributed by atoms with Gasteiger partial charge >= 0.3 is 0 Å². The molecule has 0 spiro atoms. The van der Waals surface area contributed by atoms with Crippen molar-refractivity contribution in [1.82, 2.24) is 25.2 Å². The number of ether oxygens (including phenoxy) is 1. The van der Waals surface area contributed by atoms with E-state index in [1.165, 1.54) is 13.8 Å². The molecule has 5 rings (SSSR count). The smallest absolute Gasteiger partial charge is 0.259 e. The number of nitrogens with zero attached hydrogens (tertiary/aromatic N) is 5. The van der Waals surface area contributed by atoms with Gasteiger partial charge in [0.2, 0.25) is 0 Å². The fourth-order valence-corrected chi connectivity index (χ4v) is 4.59. The molecule has 11 heteroatoms.